The van der Waals surface area contributed by atoms with E-state index in [2.05, 4.69) is 27.4 Å². The summed E-state index contributed by atoms with van der Waals surface area (Å²) in [6.07, 6.45) is 14.0. The van der Waals surface area contributed by atoms with Gasteiger partial charge in [0.2, 0.25) is 0 Å². The van der Waals surface area contributed by atoms with Crippen molar-refractivity contribution in [3.8, 4) is 0 Å². The molecule has 1 rings (SSSR count). The van der Waals surface area contributed by atoms with E-state index in [-0.39, 0.29) is 42.4 Å². The van der Waals surface area contributed by atoms with Gasteiger partial charge in [0, 0.05) is 31.8 Å². The Hall–Kier alpha value is 0.753. The molecule has 0 N–H and O–H groups in total. The van der Waals surface area contributed by atoms with E-state index in [1.54, 1.807) is 11.3 Å². The van der Waals surface area contributed by atoms with Gasteiger partial charge in [-0.05, 0) is 46.8 Å². The molecule has 0 aliphatic heterocycles. The first-order chi connectivity index (χ1) is 10.7. The van der Waals surface area contributed by atoms with Crippen LogP contribution in [0.3, 0.4) is 0 Å². The van der Waals surface area contributed by atoms with E-state index in [0.29, 0.717) is 6.61 Å². The fraction of sp³-hybridized carbons (Fsp3) is 0.722. The monoisotopic (exact) mass is 530 g/mol. The first-order valence-corrected chi connectivity index (χ1v) is 10.1. The number of esters is 1. The molecule has 1 radical (unpaired) electrons. The number of carbonyl (C=O) groups is 1. The van der Waals surface area contributed by atoms with Gasteiger partial charge in [0.1, 0.15) is 0 Å². The summed E-state index contributed by atoms with van der Waals surface area (Å²) in [5, 5.41) is 3.17. The summed E-state index contributed by atoms with van der Waals surface area (Å²) in [6.45, 7) is 2.06. The van der Waals surface area contributed by atoms with Crippen molar-refractivity contribution in [1.82, 2.24) is 0 Å². The zero-order valence-electron chi connectivity index (χ0n) is 14.8. The number of carbonyl (C=O) groups excluding carboxylic acids is 1. The van der Waals surface area contributed by atoms with Gasteiger partial charge >= 0.3 is 5.97 Å². The summed E-state index contributed by atoms with van der Waals surface area (Å²) in [4.78, 5) is 10.6. The van der Waals surface area contributed by atoms with Crippen molar-refractivity contribution in [2.75, 3.05) is 6.61 Å². The van der Waals surface area contributed by atoms with Crippen molar-refractivity contribution in [3.63, 3.8) is 0 Å². The number of thiophene rings is 1. The van der Waals surface area contributed by atoms with Gasteiger partial charge in [0.05, 0.1) is 10.4 Å². The normalized spacial score (nSPS) is 9.92. The van der Waals surface area contributed by atoms with Crippen molar-refractivity contribution in [3.05, 3.63) is 20.8 Å². The maximum atomic E-state index is 10.6. The number of hydrogen-bond acceptors (Lipinski definition) is 3. The van der Waals surface area contributed by atoms with Crippen LogP contribution in [0.4, 0.5) is 0 Å². The van der Waals surface area contributed by atoms with E-state index in [1.165, 1.54) is 80.5 Å². The van der Waals surface area contributed by atoms with Gasteiger partial charge in [0.15, 0.2) is 0 Å². The van der Waals surface area contributed by atoms with Crippen LogP contribution in [0, 0.1) is 5.38 Å². The molecule has 1 aromatic heterocycles. The smallest absolute Gasteiger partial charge is 0.302 e. The number of ether oxygens (including phenoxy) is 1. The topological polar surface area (TPSA) is 26.3 Å². The van der Waals surface area contributed by atoms with Crippen LogP contribution in [-0.2, 0) is 35.4 Å². The Labute approximate surface area is 183 Å². The summed E-state index contributed by atoms with van der Waals surface area (Å²) >= 11 is 5.23. The zero-order valence-corrected chi connectivity index (χ0v) is 21.7. The van der Waals surface area contributed by atoms with Crippen LogP contribution in [0.2, 0.25) is 0 Å². The fourth-order valence-corrected chi connectivity index (χ4v) is 3.68. The van der Waals surface area contributed by atoms with Crippen LogP contribution in [-0.4, -0.2) is 12.6 Å². The van der Waals surface area contributed by atoms with Crippen molar-refractivity contribution < 1.29 is 46.0 Å². The molecule has 0 atom stereocenters. The van der Waals surface area contributed by atoms with Gasteiger partial charge in [-0.1, -0.05) is 51.4 Å². The van der Waals surface area contributed by atoms with Crippen LogP contribution >= 0.6 is 27.3 Å². The van der Waals surface area contributed by atoms with Gasteiger partial charge in [-0.15, -0.1) is 11.3 Å². The van der Waals surface area contributed by atoms with E-state index < -0.39 is 0 Å². The van der Waals surface area contributed by atoms with Crippen LogP contribution in [0.5, 0.6) is 0 Å². The molecular formula is C18H28Br2O2SZn-. The fourth-order valence-electron chi connectivity index (χ4n) is 2.49. The minimum atomic E-state index is -0.163. The van der Waals surface area contributed by atoms with E-state index in [1.807, 2.05) is 0 Å². The summed E-state index contributed by atoms with van der Waals surface area (Å²) in [7, 11) is 0. The SMILES string of the molecule is CC(=O)OCCCCCCCCCCCCc1c[c]sc1Br.[Br-].[Zn]. The zero-order chi connectivity index (χ0) is 16.0. The molecule has 0 unspecified atom stereocenters. The van der Waals surface area contributed by atoms with Gasteiger partial charge in [-0.2, -0.15) is 0 Å². The Morgan fingerprint density at radius 1 is 1.04 bits per heavy atom. The molecule has 1 heterocycles. The second-order valence-corrected chi connectivity index (χ2v) is 7.95. The third kappa shape index (κ3) is 15.0. The molecule has 135 valence electrons. The van der Waals surface area contributed by atoms with Gasteiger partial charge in [-0.25, -0.2) is 0 Å². The maximum absolute atomic E-state index is 10.6. The Bertz CT molecular complexity index is 413. The molecule has 0 amide bonds. The Morgan fingerprint density at radius 3 is 2.00 bits per heavy atom. The molecule has 0 saturated heterocycles. The minimum Gasteiger partial charge on any atom is -1.00 e. The van der Waals surface area contributed by atoms with Crippen molar-refractivity contribution in [2.24, 2.45) is 0 Å². The second-order valence-electron chi connectivity index (χ2n) is 5.79. The van der Waals surface area contributed by atoms with Crippen molar-refractivity contribution in [1.29, 1.82) is 0 Å². The third-order valence-corrected chi connectivity index (χ3v) is 5.45. The number of unbranched alkanes of at least 4 members (excludes halogenated alkanes) is 9. The summed E-state index contributed by atoms with van der Waals surface area (Å²) < 4.78 is 6.17. The van der Waals surface area contributed by atoms with E-state index in [4.69, 9.17) is 4.74 Å². The molecule has 0 fully saturated rings. The molecule has 0 aliphatic carbocycles. The predicted molar refractivity (Wildman–Crippen MR) is 97.4 cm³/mol. The van der Waals surface area contributed by atoms with Crippen LogP contribution in [0.25, 0.3) is 0 Å². The number of aryl methyl sites for hydroxylation is 1. The summed E-state index contributed by atoms with van der Waals surface area (Å²) in [5.41, 5.74) is 1.42. The summed E-state index contributed by atoms with van der Waals surface area (Å²) in [5.74, 6) is -0.163. The van der Waals surface area contributed by atoms with Crippen LogP contribution in [0.15, 0.2) is 9.85 Å². The van der Waals surface area contributed by atoms with Gasteiger partial charge in [-0.3, -0.25) is 4.79 Å². The number of rotatable bonds is 13. The second kappa shape index (κ2) is 18.5. The molecule has 0 saturated carbocycles. The average molecular weight is 534 g/mol. The molecule has 0 spiro atoms. The van der Waals surface area contributed by atoms with Crippen molar-refractivity contribution in [2.45, 2.75) is 77.6 Å². The standard InChI is InChI=1S/C18H28BrO2S.BrH.Zn/c1-16(20)21-14-11-9-7-5-3-2-4-6-8-10-12-17-13-15-22-18(17)19;;/h13H,2-12,14H2,1H3;1H;/p-1. The first kappa shape index (κ1) is 27.0. The molecule has 0 bridgehead atoms. The van der Waals surface area contributed by atoms with Crippen LogP contribution < -0.4 is 17.0 Å². The first-order valence-electron chi connectivity index (χ1n) is 8.48. The Kier molecular flexibility index (Phi) is 20.8. The Morgan fingerprint density at radius 2 is 1.54 bits per heavy atom. The Balaban J connectivity index is 0. The van der Waals surface area contributed by atoms with E-state index in [0.717, 1.165) is 6.42 Å². The third-order valence-electron chi connectivity index (χ3n) is 3.78. The minimum absolute atomic E-state index is 0. The van der Waals surface area contributed by atoms with E-state index in [9.17, 15) is 4.79 Å². The average Bonchev–Trinajstić information content (AvgIpc) is 2.89. The molecule has 1 aromatic rings. The molecular weight excluding hydrogens is 505 g/mol. The van der Waals surface area contributed by atoms with Crippen LogP contribution in [0.1, 0.15) is 76.7 Å². The molecule has 24 heavy (non-hydrogen) atoms. The van der Waals surface area contributed by atoms with E-state index >= 15 is 0 Å². The number of hydrogen-bond donors (Lipinski definition) is 0. The van der Waals surface area contributed by atoms with Gasteiger partial charge < -0.3 is 21.7 Å². The molecule has 6 heteroatoms. The largest absolute Gasteiger partial charge is 1.00 e. The quantitative estimate of drug-likeness (QED) is 0.221. The predicted octanol–water partition coefficient (Wildman–Crippen LogP) is 3.32. The summed E-state index contributed by atoms with van der Waals surface area (Å²) in [6, 6.07) is 2.11. The van der Waals surface area contributed by atoms with Gasteiger partial charge in [0.25, 0.3) is 0 Å². The maximum Gasteiger partial charge on any atom is 0.302 e. The molecule has 0 aliphatic rings. The number of halogens is 2. The van der Waals surface area contributed by atoms with Crippen molar-refractivity contribution >= 4 is 33.2 Å². The molecule has 0 aromatic carbocycles. The molecule has 2 nitrogen and oxygen atoms in total.